The van der Waals surface area contributed by atoms with Crippen LogP contribution in [0.2, 0.25) is 0 Å². The summed E-state index contributed by atoms with van der Waals surface area (Å²) in [6.45, 7) is 6.09. The summed E-state index contributed by atoms with van der Waals surface area (Å²) in [7, 11) is 0. The van der Waals surface area contributed by atoms with Crippen molar-refractivity contribution in [2.45, 2.75) is 89.4 Å². The molecular formula is C26H35F2N7O2. The van der Waals surface area contributed by atoms with Gasteiger partial charge in [-0.2, -0.15) is 10.2 Å². The molecule has 200 valence electrons. The summed E-state index contributed by atoms with van der Waals surface area (Å²) in [6, 6.07) is 2.14. The molecule has 1 aliphatic carbocycles. The molecule has 5 rings (SSSR count). The van der Waals surface area contributed by atoms with Gasteiger partial charge in [-0.1, -0.05) is 12.8 Å². The van der Waals surface area contributed by atoms with Gasteiger partial charge < -0.3 is 15.3 Å². The monoisotopic (exact) mass is 515 g/mol. The fourth-order valence-electron chi connectivity index (χ4n) is 5.50. The lowest BCUT2D eigenvalue weighted by Crippen LogP contribution is -2.39. The molecule has 0 radical (unpaired) electrons. The molecule has 1 saturated heterocycles. The molecule has 2 N–H and O–H groups in total. The second-order valence-electron chi connectivity index (χ2n) is 10.5. The minimum Gasteiger partial charge on any atom is -0.391 e. The van der Waals surface area contributed by atoms with Gasteiger partial charge in [0.1, 0.15) is 11.5 Å². The molecule has 9 nitrogen and oxygen atoms in total. The number of aromatic nitrogens is 5. The number of aliphatic hydroxyl groups is 1. The third-order valence-electron chi connectivity index (χ3n) is 7.73. The van der Waals surface area contributed by atoms with Crippen molar-refractivity contribution in [3.8, 4) is 0 Å². The van der Waals surface area contributed by atoms with E-state index in [2.05, 4.69) is 39.2 Å². The van der Waals surface area contributed by atoms with Crippen molar-refractivity contribution >= 4 is 17.2 Å². The lowest BCUT2D eigenvalue weighted by Gasteiger charge is -2.34. The Morgan fingerprint density at radius 3 is 2.65 bits per heavy atom. The van der Waals surface area contributed by atoms with Crippen LogP contribution >= 0.6 is 0 Å². The Bertz CT molecular complexity index is 1230. The smallest absolute Gasteiger partial charge is 0.282 e. The van der Waals surface area contributed by atoms with Crippen LogP contribution < -0.4 is 5.32 Å². The van der Waals surface area contributed by atoms with Crippen LogP contribution in [0.3, 0.4) is 0 Å². The Kier molecular flexibility index (Phi) is 7.52. The van der Waals surface area contributed by atoms with Gasteiger partial charge in [-0.25, -0.2) is 18.3 Å². The molecule has 0 amide bonds. The molecule has 3 aromatic heterocycles. The summed E-state index contributed by atoms with van der Waals surface area (Å²) < 4.78 is 30.9. The number of hydrogen-bond donors (Lipinski definition) is 2. The molecular weight excluding hydrogens is 480 g/mol. The van der Waals surface area contributed by atoms with Gasteiger partial charge in [0, 0.05) is 43.5 Å². The topological polar surface area (TPSA) is 101 Å². The van der Waals surface area contributed by atoms with E-state index in [0.717, 1.165) is 51.6 Å². The number of alkyl halides is 2. The lowest BCUT2D eigenvalue weighted by atomic mass is 9.93. The molecule has 1 aliphatic heterocycles. The van der Waals surface area contributed by atoms with Crippen LogP contribution in [0.1, 0.15) is 86.5 Å². The maximum absolute atomic E-state index is 13.9. The molecule has 1 saturated carbocycles. The van der Waals surface area contributed by atoms with Crippen LogP contribution in [-0.2, 0) is 6.42 Å². The normalized spacial score (nSPS) is 21.8. The second kappa shape index (κ2) is 10.8. The van der Waals surface area contributed by atoms with E-state index in [9.17, 15) is 18.7 Å². The molecule has 0 aromatic carbocycles. The van der Waals surface area contributed by atoms with Crippen LogP contribution in [0.15, 0.2) is 24.7 Å². The van der Waals surface area contributed by atoms with Gasteiger partial charge in [-0.3, -0.25) is 9.48 Å². The van der Waals surface area contributed by atoms with E-state index in [1.54, 1.807) is 23.1 Å². The number of nitrogens with one attached hydrogen (secondary N) is 1. The van der Waals surface area contributed by atoms with E-state index in [1.165, 1.54) is 10.7 Å². The van der Waals surface area contributed by atoms with Crippen molar-refractivity contribution in [2.24, 2.45) is 0 Å². The van der Waals surface area contributed by atoms with Crippen LogP contribution in [0, 0.1) is 0 Å². The van der Waals surface area contributed by atoms with Crippen molar-refractivity contribution < 1.29 is 18.7 Å². The first-order chi connectivity index (χ1) is 17.8. The Hall–Kier alpha value is -2.92. The number of halogens is 2. The molecule has 37 heavy (non-hydrogen) atoms. The first-order valence-electron chi connectivity index (χ1n) is 13.2. The molecule has 2 fully saturated rings. The Morgan fingerprint density at radius 2 is 1.95 bits per heavy atom. The van der Waals surface area contributed by atoms with E-state index in [-0.39, 0.29) is 41.1 Å². The van der Waals surface area contributed by atoms with Gasteiger partial charge in [0.05, 0.1) is 29.9 Å². The fourth-order valence-corrected chi connectivity index (χ4v) is 5.50. The number of nitrogens with zero attached hydrogens (tertiary/aromatic N) is 6. The van der Waals surface area contributed by atoms with Crippen molar-refractivity contribution in [1.82, 2.24) is 29.3 Å². The van der Waals surface area contributed by atoms with Crippen LogP contribution in [0.5, 0.6) is 0 Å². The SMILES string of the molecule is CC(C)N1CCC(n2cc(CC(=O)c3cnn4ccc(N[C@H]5CCCC[C@H]5O)nc34)c(C(F)F)n2)CC1. The minimum absolute atomic E-state index is 0.0405. The van der Waals surface area contributed by atoms with Crippen LogP contribution in [-0.4, -0.2) is 71.4 Å². The van der Waals surface area contributed by atoms with E-state index in [0.29, 0.717) is 17.5 Å². The van der Waals surface area contributed by atoms with Gasteiger partial charge in [-0.15, -0.1) is 0 Å². The highest BCUT2D eigenvalue weighted by Crippen LogP contribution is 2.29. The first kappa shape index (κ1) is 25.7. The van der Waals surface area contributed by atoms with E-state index in [4.69, 9.17) is 0 Å². The fraction of sp³-hybridized carbons (Fsp3) is 0.615. The highest BCUT2D eigenvalue weighted by atomic mass is 19.3. The maximum atomic E-state index is 13.9. The quantitative estimate of drug-likeness (QED) is 0.437. The van der Waals surface area contributed by atoms with E-state index in [1.807, 2.05) is 0 Å². The molecule has 0 unspecified atom stereocenters. The number of rotatable bonds is 8. The number of carbonyl (C=O) groups is 1. The molecule has 4 heterocycles. The lowest BCUT2D eigenvalue weighted by molar-refractivity contribution is 0.0992. The average Bonchev–Trinajstić information content (AvgIpc) is 3.50. The summed E-state index contributed by atoms with van der Waals surface area (Å²) >= 11 is 0. The number of likely N-dealkylation sites (tertiary alicyclic amines) is 1. The third-order valence-corrected chi connectivity index (χ3v) is 7.73. The van der Waals surface area contributed by atoms with E-state index < -0.39 is 12.5 Å². The summed E-state index contributed by atoms with van der Waals surface area (Å²) in [5, 5.41) is 22.0. The van der Waals surface area contributed by atoms with Crippen molar-refractivity contribution in [3.63, 3.8) is 0 Å². The zero-order chi connectivity index (χ0) is 26.1. The van der Waals surface area contributed by atoms with Crippen molar-refractivity contribution in [2.75, 3.05) is 18.4 Å². The molecule has 0 spiro atoms. The summed E-state index contributed by atoms with van der Waals surface area (Å²) in [5.41, 5.74) is 0.529. The van der Waals surface area contributed by atoms with Gasteiger partial charge in [0.15, 0.2) is 11.4 Å². The van der Waals surface area contributed by atoms with Gasteiger partial charge in [-0.05, 0) is 45.6 Å². The number of anilines is 1. The van der Waals surface area contributed by atoms with Crippen molar-refractivity contribution in [1.29, 1.82) is 0 Å². The van der Waals surface area contributed by atoms with Gasteiger partial charge >= 0.3 is 0 Å². The number of carbonyl (C=O) groups excluding carboxylic acids is 1. The number of hydrogen-bond acceptors (Lipinski definition) is 7. The molecule has 0 bridgehead atoms. The summed E-state index contributed by atoms with van der Waals surface area (Å²) in [5.74, 6) is 0.204. The Balaban J connectivity index is 1.34. The zero-order valence-corrected chi connectivity index (χ0v) is 21.4. The summed E-state index contributed by atoms with van der Waals surface area (Å²) in [4.78, 5) is 20.2. The van der Waals surface area contributed by atoms with E-state index >= 15 is 0 Å². The molecule has 2 aliphatic rings. The van der Waals surface area contributed by atoms with Crippen LogP contribution in [0.4, 0.5) is 14.6 Å². The van der Waals surface area contributed by atoms with Gasteiger partial charge in [0.25, 0.3) is 6.43 Å². The molecule has 11 heteroatoms. The number of piperidine rings is 1. The Morgan fingerprint density at radius 1 is 1.19 bits per heavy atom. The predicted molar refractivity (Wildman–Crippen MR) is 135 cm³/mol. The van der Waals surface area contributed by atoms with Crippen molar-refractivity contribution in [3.05, 3.63) is 41.5 Å². The Labute approximate surface area is 214 Å². The first-order valence-corrected chi connectivity index (χ1v) is 13.2. The zero-order valence-electron chi connectivity index (χ0n) is 21.4. The number of aliphatic hydroxyl groups excluding tert-OH is 1. The highest BCUT2D eigenvalue weighted by Gasteiger charge is 2.28. The number of ketones is 1. The minimum atomic E-state index is -2.76. The summed E-state index contributed by atoms with van der Waals surface area (Å²) in [6.07, 6.45) is 6.62. The number of fused-ring (bicyclic) bond motifs is 1. The van der Waals surface area contributed by atoms with Crippen LogP contribution in [0.25, 0.3) is 5.65 Å². The van der Waals surface area contributed by atoms with Gasteiger partial charge in [0.2, 0.25) is 0 Å². The largest absolute Gasteiger partial charge is 0.391 e. The standard InChI is InChI=1S/C26H35F2N7O2/c1-16(2)33-10-7-18(8-11-33)35-15-17(24(32-35)25(27)28)13-22(37)19-14-29-34-12-9-23(31-26(19)34)30-20-5-3-4-6-21(20)36/h9,12,14-16,18,20-21,25,36H,3-8,10-11,13H2,1-2H3,(H,30,31)/t20-,21+/m0/s1. The molecule has 3 aromatic rings. The maximum Gasteiger partial charge on any atom is 0.282 e. The highest BCUT2D eigenvalue weighted by molar-refractivity contribution is 6.02. The second-order valence-corrected chi connectivity index (χ2v) is 10.5. The number of Topliss-reactive ketones (excluding diaryl/α,β-unsaturated/α-hetero) is 1. The predicted octanol–water partition coefficient (Wildman–Crippen LogP) is 4.05. The third kappa shape index (κ3) is 5.52. The average molecular weight is 516 g/mol. The molecule has 2 atom stereocenters.